The topological polar surface area (TPSA) is 48.5 Å². The van der Waals surface area contributed by atoms with Crippen molar-refractivity contribution < 1.29 is 4.79 Å². The average molecular weight is 373 g/mol. The van der Waals surface area contributed by atoms with Gasteiger partial charge in [0, 0.05) is 19.3 Å². The molecule has 1 fully saturated rings. The highest BCUT2D eigenvalue weighted by Gasteiger charge is 2.15. The van der Waals surface area contributed by atoms with E-state index < -0.39 is 0 Å². The Labute approximate surface area is 160 Å². The number of halogens is 1. The van der Waals surface area contributed by atoms with Gasteiger partial charge in [0.1, 0.15) is 5.82 Å². The van der Waals surface area contributed by atoms with Crippen molar-refractivity contribution in [3.63, 3.8) is 0 Å². The molecule has 2 heterocycles. The summed E-state index contributed by atoms with van der Waals surface area (Å²) >= 11 is 5.81. The summed E-state index contributed by atoms with van der Waals surface area (Å²) in [7, 11) is 1.96. The number of nitrogens with zero attached hydrogens (tertiary/aromatic N) is 3. The highest BCUT2D eigenvalue weighted by atomic mass is 35.5. The number of rotatable bonds is 7. The molecule has 0 atom stereocenters. The normalized spacial score (nSPS) is 14.7. The van der Waals surface area contributed by atoms with Crippen LogP contribution < -0.4 is 5.32 Å². The third kappa shape index (κ3) is 5.53. The fourth-order valence-electron chi connectivity index (χ4n) is 3.27. The van der Waals surface area contributed by atoms with Gasteiger partial charge in [0.2, 0.25) is 5.91 Å². The minimum Gasteiger partial charge on any atom is -0.310 e. The van der Waals surface area contributed by atoms with Crippen molar-refractivity contribution in [2.45, 2.75) is 25.9 Å². The fraction of sp³-hybridized carbons (Fsp3) is 0.400. The third-order valence-electron chi connectivity index (χ3n) is 4.56. The second-order valence-corrected chi connectivity index (χ2v) is 7.27. The van der Waals surface area contributed by atoms with Crippen LogP contribution in [0, 0.1) is 0 Å². The highest BCUT2D eigenvalue weighted by Crippen LogP contribution is 2.17. The highest BCUT2D eigenvalue weighted by molar-refractivity contribution is 6.30. The molecule has 1 amide bonds. The summed E-state index contributed by atoms with van der Waals surface area (Å²) in [4.78, 5) is 20.8. The lowest BCUT2D eigenvalue weighted by atomic mass is 10.1. The van der Waals surface area contributed by atoms with Crippen molar-refractivity contribution in [2.75, 3.05) is 32.0 Å². The Morgan fingerprint density at radius 1 is 1.19 bits per heavy atom. The Morgan fingerprint density at radius 3 is 2.62 bits per heavy atom. The van der Waals surface area contributed by atoms with Crippen molar-refractivity contribution >= 4 is 23.3 Å². The zero-order valence-electron chi connectivity index (χ0n) is 15.1. The summed E-state index contributed by atoms with van der Waals surface area (Å²) in [5.41, 5.74) is 2.63. The van der Waals surface area contributed by atoms with Crippen LogP contribution in [0.4, 0.5) is 5.82 Å². The molecule has 2 aromatic rings. The number of carbonyl (C=O) groups is 1. The zero-order chi connectivity index (χ0) is 18.4. The van der Waals surface area contributed by atoms with E-state index in [0.717, 1.165) is 13.1 Å². The number of pyridine rings is 1. The van der Waals surface area contributed by atoms with Gasteiger partial charge in [-0.25, -0.2) is 4.98 Å². The van der Waals surface area contributed by atoms with Crippen LogP contribution in [-0.4, -0.2) is 47.4 Å². The van der Waals surface area contributed by atoms with Crippen LogP contribution in [0.2, 0.25) is 5.02 Å². The molecule has 6 heteroatoms. The molecule has 1 aromatic heterocycles. The number of hydrogen-bond donors (Lipinski definition) is 1. The van der Waals surface area contributed by atoms with Gasteiger partial charge < -0.3 is 5.32 Å². The number of aromatic nitrogens is 1. The number of likely N-dealkylation sites (tertiary alicyclic amines) is 1. The van der Waals surface area contributed by atoms with Gasteiger partial charge in [-0.1, -0.05) is 35.9 Å². The molecule has 0 radical (unpaired) electrons. The first-order chi connectivity index (χ1) is 12.6. The molecule has 1 N–H and O–H groups in total. The molecule has 1 aliphatic rings. The standard InChI is InChI=1S/C20H25ClN4O/c1-24(15-20(26)23-19-9-8-18(21)12-22-19)13-16-6-2-3-7-17(16)14-25-10-4-5-11-25/h2-3,6-9,12H,4-5,10-11,13-15H2,1H3,(H,22,23,26). The van der Waals surface area contributed by atoms with Crippen LogP contribution in [0.25, 0.3) is 0 Å². The third-order valence-corrected chi connectivity index (χ3v) is 4.78. The van der Waals surface area contributed by atoms with Gasteiger partial charge in [0.25, 0.3) is 0 Å². The summed E-state index contributed by atoms with van der Waals surface area (Å²) < 4.78 is 0. The minimum atomic E-state index is -0.0839. The Hall–Kier alpha value is -1.95. The molecule has 138 valence electrons. The van der Waals surface area contributed by atoms with Gasteiger partial charge >= 0.3 is 0 Å². The van der Waals surface area contributed by atoms with E-state index >= 15 is 0 Å². The molecule has 1 aromatic carbocycles. The first-order valence-electron chi connectivity index (χ1n) is 8.99. The van der Waals surface area contributed by atoms with Crippen LogP contribution in [0.3, 0.4) is 0 Å². The summed E-state index contributed by atoms with van der Waals surface area (Å²) in [5.74, 6) is 0.432. The Balaban J connectivity index is 1.54. The van der Waals surface area contributed by atoms with Gasteiger partial charge in [0.15, 0.2) is 0 Å². The van der Waals surface area contributed by atoms with Crippen molar-refractivity contribution in [1.82, 2.24) is 14.8 Å². The van der Waals surface area contributed by atoms with Crippen molar-refractivity contribution in [3.8, 4) is 0 Å². The van der Waals surface area contributed by atoms with E-state index in [4.69, 9.17) is 11.6 Å². The van der Waals surface area contributed by atoms with Crippen LogP contribution >= 0.6 is 11.6 Å². The molecule has 0 bridgehead atoms. The number of carbonyl (C=O) groups excluding carboxylic acids is 1. The molecule has 3 rings (SSSR count). The zero-order valence-corrected chi connectivity index (χ0v) is 15.9. The SMILES string of the molecule is CN(CC(=O)Nc1ccc(Cl)cn1)Cc1ccccc1CN1CCCC1. The van der Waals surface area contributed by atoms with Crippen LogP contribution in [0.15, 0.2) is 42.6 Å². The maximum Gasteiger partial charge on any atom is 0.239 e. The summed E-state index contributed by atoms with van der Waals surface area (Å²) in [6.45, 7) is 4.40. The van der Waals surface area contributed by atoms with E-state index in [2.05, 4.69) is 39.5 Å². The van der Waals surface area contributed by atoms with Gasteiger partial charge in [-0.05, 0) is 56.2 Å². The fourth-order valence-corrected chi connectivity index (χ4v) is 3.38. The molecule has 0 aliphatic carbocycles. The van der Waals surface area contributed by atoms with Crippen molar-refractivity contribution in [3.05, 3.63) is 58.7 Å². The number of benzene rings is 1. The van der Waals surface area contributed by atoms with E-state index in [-0.39, 0.29) is 5.91 Å². The largest absolute Gasteiger partial charge is 0.310 e. The number of likely N-dealkylation sites (N-methyl/N-ethyl adjacent to an activating group) is 1. The van der Waals surface area contributed by atoms with Gasteiger partial charge in [-0.3, -0.25) is 14.6 Å². The predicted octanol–water partition coefficient (Wildman–Crippen LogP) is 3.40. The first kappa shape index (κ1) is 18.8. The number of amides is 1. The molecule has 0 spiro atoms. The molecule has 0 saturated carbocycles. The lowest BCUT2D eigenvalue weighted by Crippen LogP contribution is -2.30. The van der Waals surface area contributed by atoms with Crippen LogP contribution in [-0.2, 0) is 17.9 Å². The second-order valence-electron chi connectivity index (χ2n) is 6.83. The lowest BCUT2D eigenvalue weighted by molar-refractivity contribution is -0.117. The number of nitrogens with one attached hydrogen (secondary N) is 1. The van der Waals surface area contributed by atoms with E-state index in [1.54, 1.807) is 12.1 Å². The number of hydrogen-bond acceptors (Lipinski definition) is 4. The average Bonchev–Trinajstić information content (AvgIpc) is 3.11. The van der Waals surface area contributed by atoms with Gasteiger partial charge in [-0.15, -0.1) is 0 Å². The molecular formula is C20H25ClN4O. The predicted molar refractivity (Wildman–Crippen MR) is 105 cm³/mol. The summed E-state index contributed by atoms with van der Waals surface area (Å²) in [6, 6.07) is 11.9. The molecule has 0 unspecified atom stereocenters. The maximum absolute atomic E-state index is 12.2. The van der Waals surface area contributed by atoms with E-state index in [0.29, 0.717) is 17.4 Å². The monoisotopic (exact) mass is 372 g/mol. The first-order valence-corrected chi connectivity index (χ1v) is 9.37. The quantitative estimate of drug-likeness (QED) is 0.809. The molecule has 1 saturated heterocycles. The van der Waals surface area contributed by atoms with Crippen molar-refractivity contribution in [2.24, 2.45) is 0 Å². The number of anilines is 1. The Bertz CT molecular complexity index is 729. The van der Waals surface area contributed by atoms with Gasteiger partial charge in [0.05, 0.1) is 11.6 Å². The molecule has 1 aliphatic heterocycles. The van der Waals surface area contributed by atoms with E-state index in [1.807, 2.05) is 11.9 Å². The van der Waals surface area contributed by atoms with Crippen LogP contribution in [0.1, 0.15) is 24.0 Å². The van der Waals surface area contributed by atoms with E-state index in [1.165, 1.54) is 43.3 Å². The smallest absolute Gasteiger partial charge is 0.239 e. The second kappa shape index (κ2) is 9.12. The maximum atomic E-state index is 12.2. The Kier molecular flexibility index (Phi) is 6.61. The minimum absolute atomic E-state index is 0.0839. The molecule has 5 nitrogen and oxygen atoms in total. The van der Waals surface area contributed by atoms with Crippen LogP contribution in [0.5, 0.6) is 0 Å². The Morgan fingerprint density at radius 2 is 1.92 bits per heavy atom. The lowest BCUT2D eigenvalue weighted by Gasteiger charge is -2.21. The summed E-state index contributed by atoms with van der Waals surface area (Å²) in [5, 5.41) is 3.35. The van der Waals surface area contributed by atoms with Gasteiger partial charge in [-0.2, -0.15) is 0 Å². The van der Waals surface area contributed by atoms with Crippen molar-refractivity contribution in [1.29, 1.82) is 0 Å². The van der Waals surface area contributed by atoms with E-state index in [9.17, 15) is 4.79 Å². The summed E-state index contributed by atoms with van der Waals surface area (Å²) in [6.07, 6.45) is 4.11. The molecular weight excluding hydrogens is 348 g/mol. The molecule has 26 heavy (non-hydrogen) atoms.